The Morgan fingerprint density at radius 3 is 2.12 bits per heavy atom. The Kier molecular flexibility index (Phi) is 2.82. The second-order valence-corrected chi connectivity index (χ2v) is 5.75. The zero-order chi connectivity index (χ0) is 10.8. The highest BCUT2D eigenvalue weighted by molar-refractivity contribution is 7.81. The first-order chi connectivity index (χ1) is 7.95. The Hall–Kier alpha value is -1.03. The fourth-order valence-electron chi connectivity index (χ4n) is 1.72. The van der Waals surface area contributed by atoms with E-state index in [2.05, 4.69) is 50.5 Å². The molecular weight excluding hydrogens is 252 g/mol. The lowest BCUT2D eigenvalue weighted by molar-refractivity contribution is 1.65. The summed E-state index contributed by atoms with van der Waals surface area (Å²) in [6.07, 6.45) is 2.19. The third kappa shape index (κ3) is 1.82. The van der Waals surface area contributed by atoms with Gasteiger partial charge in [0.05, 0.1) is 0 Å². The van der Waals surface area contributed by atoms with Crippen LogP contribution >= 0.6 is 22.7 Å². The molecule has 0 nitrogen and oxygen atoms in total. The molecule has 3 rings (SSSR count). The van der Waals surface area contributed by atoms with Crippen molar-refractivity contribution in [3.05, 3.63) is 61.8 Å². The van der Waals surface area contributed by atoms with Gasteiger partial charge >= 0.3 is 0 Å². The molecule has 1 aliphatic heterocycles. The third-order valence-electron chi connectivity index (χ3n) is 2.43. The van der Waals surface area contributed by atoms with Crippen LogP contribution in [-0.2, 0) is 11.4 Å². The SMILES string of the molecule is C1=CC(=C(c2ccsc2)c2ccsc2)C=[S+]1. The Morgan fingerprint density at radius 2 is 1.69 bits per heavy atom. The third-order valence-corrected chi connectivity index (χ3v) is 4.48. The summed E-state index contributed by atoms with van der Waals surface area (Å²) in [5, 5.41) is 13.0. The molecule has 2 aromatic heterocycles. The van der Waals surface area contributed by atoms with E-state index >= 15 is 0 Å². The van der Waals surface area contributed by atoms with E-state index in [1.807, 2.05) is 0 Å². The summed E-state index contributed by atoms with van der Waals surface area (Å²) >= 11 is 5.25. The maximum Gasteiger partial charge on any atom is 0.212 e. The standard InChI is InChI=1S/C13H9S3/c1-4-14-7-10(1)13(11-2-5-15-8-11)12-3-6-16-9-12/h1-9H/q+1. The van der Waals surface area contributed by atoms with Crippen molar-refractivity contribution in [1.82, 2.24) is 0 Å². The lowest BCUT2D eigenvalue weighted by Crippen LogP contribution is -1.89. The molecule has 78 valence electrons. The molecule has 0 atom stereocenters. The van der Waals surface area contributed by atoms with Gasteiger partial charge in [-0.05, 0) is 44.8 Å². The minimum atomic E-state index is 1.32. The molecule has 0 radical (unpaired) electrons. The van der Waals surface area contributed by atoms with Gasteiger partial charge in [0, 0.05) is 17.2 Å². The highest BCUT2D eigenvalue weighted by Gasteiger charge is 2.15. The van der Waals surface area contributed by atoms with E-state index < -0.39 is 0 Å². The average Bonchev–Trinajstić information content (AvgIpc) is 3.02. The molecule has 0 spiro atoms. The molecule has 0 unspecified atom stereocenters. The van der Waals surface area contributed by atoms with Gasteiger partial charge in [-0.3, -0.25) is 0 Å². The van der Waals surface area contributed by atoms with E-state index in [4.69, 9.17) is 0 Å². The van der Waals surface area contributed by atoms with Gasteiger partial charge in [0.1, 0.15) is 0 Å². The van der Waals surface area contributed by atoms with E-state index in [0.717, 1.165) is 0 Å². The average molecular weight is 261 g/mol. The smallest absolute Gasteiger partial charge is 0.152 e. The molecule has 0 N–H and O–H groups in total. The first-order valence-corrected chi connectivity index (χ1v) is 7.72. The summed E-state index contributed by atoms with van der Waals surface area (Å²) < 4.78 is 0. The van der Waals surface area contributed by atoms with Crippen molar-refractivity contribution in [2.45, 2.75) is 0 Å². The van der Waals surface area contributed by atoms with Gasteiger partial charge in [-0.2, -0.15) is 22.7 Å². The Morgan fingerprint density at radius 1 is 1.00 bits per heavy atom. The van der Waals surface area contributed by atoms with E-state index in [1.165, 1.54) is 22.3 Å². The molecule has 1 aliphatic rings. The van der Waals surface area contributed by atoms with Crippen LogP contribution in [0.4, 0.5) is 0 Å². The zero-order valence-corrected chi connectivity index (χ0v) is 10.9. The fourth-order valence-corrected chi connectivity index (χ4v) is 3.66. The van der Waals surface area contributed by atoms with E-state index in [0.29, 0.717) is 0 Å². The summed E-state index contributed by atoms with van der Waals surface area (Å²) in [7, 11) is 0. The number of thiophene rings is 2. The predicted molar refractivity (Wildman–Crippen MR) is 77.2 cm³/mol. The minimum absolute atomic E-state index is 1.32. The number of hydrogen-bond donors (Lipinski definition) is 0. The van der Waals surface area contributed by atoms with Gasteiger partial charge in [-0.1, -0.05) is 0 Å². The highest BCUT2D eigenvalue weighted by atomic mass is 32.1. The number of hydrogen-bond acceptors (Lipinski definition) is 2. The molecule has 0 aliphatic carbocycles. The molecule has 3 heterocycles. The molecular formula is C13H9S3+. The Labute approximate surface area is 107 Å². The summed E-state index contributed by atoms with van der Waals surface area (Å²) in [5.41, 5.74) is 5.31. The Balaban J connectivity index is 2.20. The molecule has 16 heavy (non-hydrogen) atoms. The summed E-state index contributed by atoms with van der Waals surface area (Å²) in [6, 6.07) is 4.38. The van der Waals surface area contributed by atoms with Gasteiger partial charge in [-0.25, -0.2) is 0 Å². The van der Waals surface area contributed by atoms with Crippen molar-refractivity contribution in [3.63, 3.8) is 0 Å². The lowest BCUT2D eigenvalue weighted by Gasteiger charge is -2.03. The van der Waals surface area contributed by atoms with Gasteiger partial charge in [-0.15, -0.1) is 0 Å². The fraction of sp³-hybridized carbons (Fsp3) is 0. The van der Waals surface area contributed by atoms with Crippen LogP contribution in [0.15, 0.2) is 50.7 Å². The zero-order valence-electron chi connectivity index (χ0n) is 8.42. The van der Waals surface area contributed by atoms with Crippen LogP contribution in [0.3, 0.4) is 0 Å². The molecule has 0 fully saturated rings. The van der Waals surface area contributed by atoms with Crippen LogP contribution < -0.4 is 0 Å². The maximum absolute atomic E-state index is 2.21. The molecule has 0 aromatic carbocycles. The molecule has 0 saturated carbocycles. The van der Waals surface area contributed by atoms with Crippen LogP contribution in [-0.4, -0.2) is 5.37 Å². The van der Waals surface area contributed by atoms with Crippen molar-refractivity contribution in [2.24, 2.45) is 0 Å². The summed E-state index contributed by atoms with van der Waals surface area (Å²) in [5.74, 6) is 0. The lowest BCUT2D eigenvalue weighted by atomic mass is 9.98. The van der Waals surface area contributed by atoms with Gasteiger partial charge in [0.2, 0.25) is 16.7 Å². The minimum Gasteiger partial charge on any atom is -0.152 e. The van der Waals surface area contributed by atoms with Crippen LogP contribution in [0, 0.1) is 0 Å². The second-order valence-electron chi connectivity index (χ2n) is 3.41. The van der Waals surface area contributed by atoms with Gasteiger partial charge < -0.3 is 0 Å². The molecule has 3 heteroatoms. The quantitative estimate of drug-likeness (QED) is 0.435. The number of allylic oxidation sites excluding steroid dienone is 2. The Bertz CT molecular complexity index is 504. The monoisotopic (exact) mass is 261 g/mol. The topological polar surface area (TPSA) is 0 Å². The van der Waals surface area contributed by atoms with Crippen LogP contribution in [0.1, 0.15) is 11.1 Å². The normalized spacial score (nSPS) is 13.6. The highest BCUT2D eigenvalue weighted by Crippen LogP contribution is 2.30. The molecule has 0 bridgehead atoms. The van der Waals surface area contributed by atoms with Gasteiger partial charge in [0.15, 0.2) is 5.41 Å². The van der Waals surface area contributed by atoms with Crippen molar-refractivity contribution < 1.29 is 0 Å². The summed E-state index contributed by atoms with van der Waals surface area (Å²) in [6.45, 7) is 0. The maximum atomic E-state index is 2.21. The first kappa shape index (κ1) is 10.1. The second kappa shape index (κ2) is 4.45. The van der Waals surface area contributed by atoms with Gasteiger partial charge in [0.25, 0.3) is 0 Å². The van der Waals surface area contributed by atoms with Crippen LogP contribution in [0.2, 0.25) is 0 Å². The van der Waals surface area contributed by atoms with Crippen molar-refractivity contribution in [3.8, 4) is 0 Å². The predicted octanol–water partition coefficient (Wildman–Crippen LogP) is 4.02. The van der Waals surface area contributed by atoms with Crippen LogP contribution in [0.5, 0.6) is 0 Å². The van der Waals surface area contributed by atoms with E-state index in [1.54, 1.807) is 34.0 Å². The van der Waals surface area contributed by atoms with Crippen molar-refractivity contribution >= 4 is 45.0 Å². The van der Waals surface area contributed by atoms with Crippen molar-refractivity contribution in [1.29, 1.82) is 0 Å². The van der Waals surface area contributed by atoms with Crippen molar-refractivity contribution in [2.75, 3.05) is 0 Å². The van der Waals surface area contributed by atoms with E-state index in [9.17, 15) is 0 Å². The summed E-state index contributed by atoms with van der Waals surface area (Å²) in [4.78, 5) is 0. The molecule has 2 aromatic rings. The molecule has 0 saturated heterocycles. The van der Waals surface area contributed by atoms with E-state index in [-0.39, 0.29) is 0 Å². The largest absolute Gasteiger partial charge is 0.212 e. The number of rotatable bonds is 2. The first-order valence-electron chi connectivity index (χ1n) is 4.90. The van der Waals surface area contributed by atoms with Crippen LogP contribution in [0.25, 0.3) is 5.57 Å². The molecule has 0 amide bonds.